The predicted octanol–water partition coefficient (Wildman–Crippen LogP) is 3.75. The normalized spacial score (nSPS) is 19.3. The van der Waals surface area contributed by atoms with Crippen LogP contribution in [0, 0.1) is 5.82 Å². The molecule has 0 atom stereocenters. The number of hydrogen-bond donors (Lipinski definition) is 2. The van der Waals surface area contributed by atoms with Crippen molar-refractivity contribution in [2.45, 2.75) is 44.1 Å². The van der Waals surface area contributed by atoms with Crippen molar-refractivity contribution in [1.29, 1.82) is 0 Å². The first-order valence-corrected chi connectivity index (χ1v) is 8.18. The van der Waals surface area contributed by atoms with Gasteiger partial charge in [-0.1, -0.05) is 30.4 Å². The largest absolute Gasteiger partial charge is 0.357 e. The molecular formula is C18H25FIN3. The fourth-order valence-electron chi connectivity index (χ4n) is 3.03. The third kappa shape index (κ3) is 4.46. The molecule has 0 bridgehead atoms. The van der Waals surface area contributed by atoms with Gasteiger partial charge in [-0.25, -0.2) is 4.39 Å². The summed E-state index contributed by atoms with van der Waals surface area (Å²) in [7, 11) is 0. The number of nitrogens with zero attached hydrogens (tertiary/aromatic N) is 1. The maximum absolute atomic E-state index is 14.0. The van der Waals surface area contributed by atoms with Crippen LogP contribution in [0.25, 0.3) is 0 Å². The van der Waals surface area contributed by atoms with Crippen LogP contribution in [0.15, 0.2) is 41.4 Å². The van der Waals surface area contributed by atoms with Crippen LogP contribution in [0.4, 0.5) is 4.39 Å². The zero-order valence-corrected chi connectivity index (χ0v) is 15.8. The van der Waals surface area contributed by atoms with Crippen molar-refractivity contribution in [1.82, 2.24) is 10.6 Å². The lowest BCUT2D eigenvalue weighted by Gasteiger charge is -2.19. The van der Waals surface area contributed by atoms with E-state index >= 15 is 0 Å². The summed E-state index contributed by atoms with van der Waals surface area (Å²) in [6.07, 6.45) is 8.52. The van der Waals surface area contributed by atoms with Gasteiger partial charge in [0.2, 0.25) is 0 Å². The molecule has 1 aromatic carbocycles. The van der Waals surface area contributed by atoms with E-state index in [1.54, 1.807) is 12.1 Å². The number of rotatable bonds is 5. The molecule has 2 N–H and O–H groups in total. The average molecular weight is 429 g/mol. The summed E-state index contributed by atoms with van der Waals surface area (Å²) < 4.78 is 14.0. The molecule has 0 saturated heterocycles. The molecule has 0 heterocycles. The molecule has 126 valence electrons. The van der Waals surface area contributed by atoms with Gasteiger partial charge < -0.3 is 10.6 Å². The minimum Gasteiger partial charge on any atom is -0.357 e. The van der Waals surface area contributed by atoms with Crippen LogP contribution < -0.4 is 10.6 Å². The quantitative estimate of drug-likeness (QED) is 0.324. The summed E-state index contributed by atoms with van der Waals surface area (Å²) in [5.74, 6) is 0.743. The molecular weight excluding hydrogens is 404 g/mol. The van der Waals surface area contributed by atoms with Crippen molar-refractivity contribution in [3.05, 3.63) is 47.8 Å². The van der Waals surface area contributed by atoms with Crippen molar-refractivity contribution in [3.63, 3.8) is 0 Å². The number of hydrogen-bond acceptors (Lipinski definition) is 1. The molecule has 2 aliphatic carbocycles. The van der Waals surface area contributed by atoms with Crippen LogP contribution in [0.2, 0.25) is 0 Å². The van der Waals surface area contributed by atoms with Gasteiger partial charge in [0.05, 0.1) is 6.54 Å². The molecule has 0 aromatic heterocycles. The van der Waals surface area contributed by atoms with E-state index < -0.39 is 0 Å². The van der Waals surface area contributed by atoms with Crippen LogP contribution in [0.1, 0.15) is 38.2 Å². The Morgan fingerprint density at radius 1 is 1.26 bits per heavy atom. The van der Waals surface area contributed by atoms with Gasteiger partial charge in [-0.15, -0.1) is 24.0 Å². The number of guanidine groups is 1. The highest BCUT2D eigenvalue weighted by molar-refractivity contribution is 14.0. The van der Waals surface area contributed by atoms with Gasteiger partial charge in [0.15, 0.2) is 5.96 Å². The molecule has 1 saturated carbocycles. The minimum atomic E-state index is -0.104. The summed E-state index contributed by atoms with van der Waals surface area (Å²) >= 11 is 0. The van der Waals surface area contributed by atoms with E-state index in [1.807, 2.05) is 12.1 Å². The van der Waals surface area contributed by atoms with Crippen molar-refractivity contribution in [2.75, 3.05) is 13.1 Å². The number of aliphatic imine (C=N–C) groups is 1. The Morgan fingerprint density at radius 2 is 1.96 bits per heavy atom. The van der Waals surface area contributed by atoms with Gasteiger partial charge in [0, 0.05) is 18.0 Å². The fourth-order valence-corrected chi connectivity index (χ4v) is 3.03. The molecule has 0 unspecified atom stereocenters. The van der Waals surface area contributed by atoms with Gasteiger partial charge in [-0.2, -0.15) is 0 Å². The lowest BCUT2D eigenvalue weighted by molar-refractivity contribution is 0.570. The SMILES string of the molecule is CCNC(=NCC1(c2ccccc2F)CC1)NC1CC=CC1.I. The first-order chi connectivity index (χ1) is 10.7. The first kappa shape index (κ1) is 18.2. The van der Waals surface area contributed by atoms with Crippen molar-refractivity contribution >= 4 is 29.9 Å². The Morgan fingerprint density at radius 3 is 2.57 bits per heavy atom. The molecule has 2 aliphatic rings. The topological polar surface area (TPSA) is 36.4 Å². The Hall–Kier alpha value is -1.11. The Bertz CT molecular complexity index is 573. The van der Waals surface area contributed by atoms with Crippen molar-refractivity contribution in [3.8, 4) is 0 Å². The zero-order chi connectivity index (χ0) is 15.4. The highest BCUT2D eigenvalue weighted by atomic mass is 127. The van der Waals surface area contributed by atoms with E-state index in [2.05, 4.69) is 29.7 Å². The molecule has 1 fully saturated rings. The van der Waals surface area contributed by atoms with Gasteiger partial charge in [0.1, 0.15) is 5.82 Å². The fraction of sp³-hybridized carbons (Fsp3) is 0.500. The summed E-state index contributed by atoms with van der Waals surface area (Å²) in [5.41, 5.74) is 0.721. The molecule has 1 aromatic rings. The van der Waals surface area contributed by atoms with Crippen LogP contribution in [0.5, 0.6) is 0 Å². The molecule has 0 aliphatic heterocycles. The summed E-state index contributed by atoms with van der Waals surface area (Å²) in [4.78, 5) is 4.73. The number of halogens is 2. The number of nitrogens with one attached hydrogen (secondary N) is 2. The molecule has 3 rings (SSSR count). The Kier molecular flexibility index (Phi) is 6.44. The van der Waals surface area contributed by atoms with Crippen molar-refractivity contribution in [2.24, 2.45) is 4.99 Å². The maximum atomic E-state index is 14.0. The third-order valence-electron chi connectivity index (χ3n) is 4.53. The van der Waals surface area contributed by atoms with Gasteiger partial charge in [0.25, 0.3) is 0 Å². The average Bonchev–Trinajstić information content (AvgIpc) is 3.13. The summed E-state index contributed by atoms with van der Waals surface area (Å²) in [5, 5.41) is 6.76. The second-order valence-corrected chi connectivity index (χ2v) is 6.24. The third-order valence-corrected chi connectivity index (χ3v) is 4.53. The first-order valence-electron chi connectivity index (χ1n) is 8.18. The summed E-state index contributed by atoms with van der Waals surface area (Å²) in [6.45, 7) is 3.54. The van der Waals surface area contributed by atoms with Crippen LogP contribution in [-0.2, 0) is 5.41 Å². The second-order valence-electron chi connectivity index (χ2n) is 6.24. The Labute approximate surface area is 154 Å². The van der Waals surface area contributed by atoms with E-state index in [0.717, 1.165) is 43.8 Å². The smallest absolute Gasteiger partial charge is 0.191 e. The minimum absolute atomic E-state index is 0. The second kappa shape index (κ2) is 8.13. The standard InChI is InChI=1S/C18H24FN3.HI/c1-2-20-17(22-14-7-3-4-8-14)21-13-18(11-12-18)15-9-5-6-10-16(15)19;/h3-6,9-10,14H,2,7-8,11-13H2,1H3,(H2,20,21,22);1H. The van der Waals surface area contributed by atoms with E-state index in [4.69, 9.17) is 4.99 Å². The molecule has 0 radical (unpaired) electrons. The van der Waals surface area contributed by atoms with Crippen molar-refractivity contribution < 1.29 is 4.39 Å². The van der Waals surface area contributed by atoms with Crippen LogP contribution in [-0.4, -0.2) is 25.1 Å². The highest BCUT2D eigenvalue weighted by Crippen LogP contribution is 2.49. The maximum Gasteiger partial charge on any atom is 0.191 e. The predicted molar refractivity (Wildman–Crippen MR) is 104 cm³/mol. The number of benzene rings is 1. The van der Waals surface area contributed by atoms with E-state index in [9.17, 15) is 4.39 Å². The van der Waals surface area contributed by atoms with Gasteiger partial charge >= 0.3 is 0 Å². The zero-order valence-electron chi connectivity index (χ0n) is 13.5. The summed E-state index contributed by atoms with van der Waals surface area (Å²) in [6, 6.07) is 7.54. The lowest BCUT2D eigenvalue weighted by atomic mass is 9.95. The molecule has 0 spiro atoms. The lowest BCUT2D eigenvalue weighted by Crippen LogP contribution is -2.43. The molecule has 3 nitrogen and oxygen atoms in total. The monoisotopic (exact) mass is 429 g/mol. The molecule has 5 heteroatoms. The van der Waals surface area contributed by atoms with Crippen LogP contribution >= 0.6 is 24.0 Å². The Balaban J connectivity index is 0.00000192. The van der Waals surface area contributed by atoms with Gasteiger partial charge in [-0.05, 0) is 44.2 Å². The molecule has 23 heavy (non-hydrogen) atoms. The van der Waals surface area contributed by atoms with E-state index in [-0.39, 0.29) is 35.2 Å². The van der Waals surface area contributed by atoms with E-state index in [0.29, 0.717) is 12.6 Å². The molecule has 0 amide bonds. The van der Waals surface area contributed by atoms with Crippen LogP contribution in [0.3, 0.4) is 0 Å². The van der Waals surface area contributed by atoms with E-state index in [1.165, 1.54) is 0 Å². The van der Waals surface area contributed by atoms with Gasteiger partial charge in [-0.3, -0.25) is 4.99 Å². The highest BCUT2D eigenvalue weighted by Gasteiger charge is 2.45.